The van der Waals surface area contributed by atoms with Crippen molar-refractivity contribution >= 4 is 0 Å². The van der Waals surface area contributed by atoms with Gasteiger partial charge in [0.1, 0.15) is 30.2 Å². The number of aliphatic hydroxyl groups is 4. The van der Waals surface area contributed by atoms with E-state index in [0.29, 0.717) is 12.3 Å². The van der Waals surface area contributed by atoms with Crippen LogP contribution in [0.25, 0.3) is 0 Å². The van der Waals surface area contributed by atoms with Crippen LogP contribution < -0.4 is 10.5 Å². The molecule has 0 radical (unpaired) electrons. The van der Waals surface area contributed by atoms with Crippen molar-refractivity contribution in [3.05, 3.63) is 29.8 Å². The lowest BCUT2D eigenvalue weighted by Gasteiger charge is -2.39. The molecule has 1 saturated heterocycles. The van der Waals surface area contributed by atoms with Crippen LogP contribution in [-0.4, -0.2) is 57.7 Å². The Hall–Kier alpha value is -1.22. The third-order valence-corrected chi connectivity index (χ3v) is 3.26. The molecular weight excluding hydrogens is 266 g/mol. The third kappa shape index (κ3) is 3.09. The molecule has 0 saturated carbocycles. The summed E-state index contributed by atoms with van der Waals surface area (Å²) >= 11 is 0. The second kappa shape index (κ2) is 6.49. The minimum atomic E-state index is -1.45. The molecule has 5 atom stereocenters. The van der Waals surface area contributed by atoms with Gasteiger partial charge in [0, 0.05) is 6.54 Å². The molecule has 0 unspecified atom stereocenters. The quantitative estimate of drug-likeness (QED) is 0.447. The summed E-state index contributed by atoms with van der Waals surface area (Å²) in [7, 11) is 0. The molecule has 7 heteroatoms. The first-order valence-corrected chi connectivity index (χ1v) is 6.33. The topological polar surface area (TPSA) is 125 Å². The standard InChI is InChI=1S/C13H19NO6/c14-5-7-1-3-8(4-2-7)19-13-12(18)11(17)10(16)9(6-15)20-13/h1-4,9-13,15-18H,5-6,14H2/t9-,10-,11+,12+,13+/m1/s1. The molecular formula is C13H19NO6. The second-order valence-electron chi connectivity index (χ2n) is 4.66. The number of ether oxygens (including phenoxy) is 2. The normalized spacial score (nSPS) is 34.0. The smallest absolute Gasteiger partial charge is 0.229 e. The summed E-state index contributed by atoms with van der Waals surface area (Å²) in [5.41, 5.74) is 6.40. The molecule has 20 heavy (non-hydrogen) atoms. The van der Waals surface area contributed by atoms with Gasteiger partial charge >= 0.3 is 0 Å². The van der Waals surface area contributed by atoms with Gasteiger partial charge in [-0.3, -0.25) is 0 Å². The number of nitrogens with two attached hydrogens (primary N) is 1. The van der Waals surface area contributed by atoms with Gasteiger partial charge in [-0.2, -0.15) is 0 Å². The first kappa shape index (κ1) is 15.2. The number of aliphatic hydroxyl groups excluding tert-OH is 4. The summed E-state index contributed by atoms with van der Waals surface area (Å²) in [5.74, 6) is 0.423. The lowest BCUT2D eigenvalue weighted by Crippen LogP contribution is -2.60. The molecule has 112 valence electrons. The lowest BCUT2D eigenvalue weighted by atomic mass is 9.99. The SMILES string of the molecule is NCc1ccc(O[C@H]2O[C@H](CO)[C@@H](O)[C@H](O)[C@@H]2O)cc1. The second-order valence-corrected chi connectivity index (χ2v) is 4.66. The molecule has 1 heterocycles. The van der Waals surface area contributed by atoms with Crippen LogP contribution in [0, 0.1) is 0 Å². The molecule has 1 aromatic carbocycles. The molecule has 7 nitrogen and oxygen atoms in total. The zero-order valence-electron chi connectivity index (χ0n) is 10.8. The van der Waals surface area contributed by atoms with Crippen LogP contribution in [0.5, 0.6) is 5.75 Å². The molecule has 2 rings (SSSR count). The Morgan fingerprint density at radius 1 is 1.05 bits per heavy atom. The van der Waals surface area contributed by atoms with Crippen LogP contribution in [0.15, 0.2) is 24.3 Å². The molecule has 1 fully saturated rings. The van der Waals surface area contributed by atoms with E-state index in [-0.39, 0.29) is 0 Å². The summed E-state index contributed by atoms with van der Waals surface area (Å²) < 4.78 is 10.7. The molecule has 1 aromatic rings. The van der Waals surface area contributed by atoms with Crippen molar-refractivity contribution in [1.29, 1.82) is 0 Å². The summed E-state index contributed by atoms with van der Waals surface area (Å²) in [6.45, 7) is -0.0861. The molecule has 1 aliphatic heterocycles. The van der Waals surface area contributed by atoms with Crippen molar-refractivity contribution in [2.75, 3.05) is 6.61 Å². The first-order valence-electron chi connectivity index (χ1n) is 6.33. The van der Waals surface area contributed by atoms with Crippen molar-refractivity contribution in [3.8, 4) is 5.75 Å². The Balaban J connectivity index is 2.06. The van der Waals surface area contributed by atoms with Gasteiger partial charge in [-0.15, -0.1) is 0 Å². The molecule has 6 N–H and O–H groups in total. The lowest BCUT2D eigenvalue weighted by molar-refractivity contribution is -0.277. The molecule has 1 aliphatic rings. The van der Waals surface area contributed by atoms with Crippen LogP contribution >= 0.6 is 0 Å². The van der Waals surface area contributed by atoms with Gasteiger partial charge in [-0.25, -0.2) is 0 Å². The van der Waals surface area contributed by atoms with Gasteiger partial charge < -0.3 is 35.6 Å². The van der Waals surface area contributed by atoms with Crippen LogP contribution in [0.3, 0.4) is 0 Å². The highest BCUT2D eigenvalue weighted by Crippen LogP contribution is 2.24. The average Bonchev–Trinajstić information content (AvgIpc) is 2.48. The molecule has 0 bridgehead atoms. The van der Waals surface area contributed by atoms with E-state index in [1.807, 2.05) is 0 Å². The maximum atomic E-state index is 9.82. The largest absolute Gasteiger partial charge is 0.462 e. The highest BCUT2D eigenvalue weighted by atomic mass is 16.7. The first-order chi connectivity index (χ1) is 9.56. The molecule has 0 spiro atoms. The van der Waals surface area contributed by atoms with E-state index in [9.17, 15) is 15.3 Å². The van der Waals surface area contributed by atoms with Gasteiger partial charge in [-0.1, -0.05) is 12.1 Å². The number of rotatable bonds is 4. The third-order valence-electron chi connectivity index (χ3n) is 3.26. The van der Waals surface area contributed by atoms with Crippen molar-refractivity contribution in [2.24, 2.45) is 5.73 Å². The predicted octanol–water partition coefficient (Wildman–Crippen LogP) is -1.68. The summed E-state index contributed by atoms with van der Waals surface area (Å²) in [6, 6.07) is 6.84. The van der Waals surface area contributed by atoms with Gasteiger partial charge in [0.05, 0.1) is 6.61 Å². The highest BCUT2D eigenvalue weighted by Gasteiger charge is 2.44. The monoisotopic (exact) mass is 285 g/mol. The Morgan fingerprint density at radius 2 is 1.70 bits per heavy atom. The minimum Gasteiger partial charge on any atom is -0.462 e. The highest BCUT2D eigenvalue weighted by molar-refractivity contribution is 5.27. The number of hydrogen-bond acceptors (Lipinski definition) is 7. The zero-order chi connectivity index (χ0) is 14.7. The van der Waals surface area contributed by atoms with E-state index in [1.54, 1.807) is 24.3 Å². The van der Waals surface area contributed by atoms with E-state index in [2.05, 4.69) is 0 Å². The fourth-order valence-corrected chi connectivity index (χ4v) is 2.00. The van der Waals surface area contributed by atoms with Crippen LogP contribution in [0.2, 0.25) is 0 Å². The van der Waals surface area contributed by atoms with Crippen molar-refractivity contribution in [1.82, 2.24) is 0 Å². The van der Waals surface area contributed by atoms with E-state index < -0.39 is 37.3 Å². The van der Waals surface area contributed by atoms with Crippen LogP contribution in [-0.2, 0) is 11.3 Å². The Bertz CT molecular complexity index is 423. The Morgan fingerprint density at radius 3 is 2.25 bits per heavy atom. The van der Waals surface area contributed by atoms with Crippen molar-refractivity contribution in [2.45, 2.75) is 37.3 Å². The Labute approximate surface area is 116 Å². The van der Waals surface area contributed by atoms with Crippen molar-refractivity contribution < 1.29 is 29.9 Å². The molecule has 0 aliphatic carbocycles. The summed E-state index contributed by atoms with van der Waals surface area (Å²) in [6.07, 6.45) is -6.42. The number of benzene rings is 1. The van der Waals surface area contributed by atoms with E-state index in [1.165, 1.54) is 0 Å². The fraction of sp³-hybridized carbons (Fsp3) is 0.538. The maximum Gasteiger partial charge on any atom is 0.229 e. The van der Waals surface area contributed by atoms with E-state index in [4.69, 9.17) is 20.3 Å². The minimum absolute atomic E-state index is 0.403. The number of hydrogen-bond donors (Lipinski definition) is 5. The predicted molar refractivity (Wildman–Crippen MR) is 68.7 cm³/mol. The van der Waals surface area contributed by atoms with Crippen LogP contribution in [0.1, 0.15) is 5.56 Å². The zero-order valence-corrected chi connectivity index (χ0v) is 10.8. The molecule has 0 aromatic heterocycles. The van der Waals surface area contributed by atoms with E-state index >= 15 is 0 Å². The van der Waals surface area contributed by atoms with Crippen molar-refractivity contribution in [3.63, 3.8) is 0 Å². The van der Waals surface area contributed by atoms with Gasteiger partial charge in [-0.05, 0) is 17.7 Å². The van der Waals surface area contributed by atoms with Gasteiger partial charge in [0.25, 0.3) is 0 Å². The summed E-state index contributed by atoms with van der Waals surface area (Å²) in [4.78, 5) is 0. The fourth-order valence-electron chi connectivity index (χ4n) is 2.00. The average molecular weight is 285 g/mol. The van der Waals surface area contributed by atoms with Crippen LogP contribution in [0.4, 0.5) is 0 Å². The molecule has 0 amide bonds. The maximum absolute atomic E-state index is 9.82. The van der Waals surface area contributed by atoms with Gasteiger partial charge in [0.2, 0.25) is 6.29 Å². The Kier molecular flexibility index (Phi) is 4.92. The van der Waals surface area contributed by atoms with Gasteiger partial charge in [0.15, 0.2) is 0 Å². The van der Waals surface area contributed by atoms with E-state index in [0.717, 1.165) is 5.56 Å². The summed E-state index contributed by atoms with van der Waals surface area (Å²) in [5, 5.41) is 38.2.